The summed E-state index contributed by atoms with van der Waals surface area (Å²) in [4.78, 5) is 0. The third-order valence-corrected chi connectivity index (χ3v) is 4.80. The third-order valence-electron chi connectivity index (χ3n) is 4.80. The zero-order chi connectivity index (χ0) is 21.6. The summed E-state index contributed by atoms with van der Waals surface area (Å²) in [5.74, 6) is 0.904. The van der Waals surface area contributed by atoms with Crippen molar-refractivity contribution in [1.29, 1.82) is 0 Å². The van der Waals surface area contributed by atoms with Crippen molar-refractivity contribution in [1.82, 2.24) is 0 Å². The molecule has 0 fully saturated rings. The Bertz CT molecular complexity index is 654. The van der Waals surface area contributed by atoms with Crippen LogP contribution in [0.25, 0.3) is 0 Å². The minimum Gasteiger partial charge on any atom is -0.508 e. The van der Waals surface area contributed by atoms with Crippen LogP contribution in [0.5, 0.6) is 0 Å². The van der Waals surface area contributed by atoms with E-state index >= 15 is 0 Å². The molecule has 0 spiro atoms. The fourth-order valence-corrected chi connectivity index (χ4v) is 3.07. The SMILES string of the molecule is C=C/C(=C\C=C(\O)C=C)CCC(C)CC(C)(C)CC/C(C=C)=C/C=C(/O)C=C. The van der Waals surface area contributed by atoms with Crippen molar-refractivity contribution in [2.45, 2.75) is 52.9 Å². The lowest BCUT2D eigenvalue weighted by atomic mass is 9.77. The molecular formula is C26H38O2. The molecule has 0 rings (SSSR count). The van der Waals surface area contributed by atoms with Crippen molar-refractivity contribution in [3.8, 4) is 0 Å². The van der Waals surface area contributed by atoms with Gasteiger partial charge in [-0.3, -0.25) is 0 Å². The molecule has 28 heavy (non-hydrogen) atoms. The lowest BCUT2D eigenvalue weighted by Gasteiger charge is -2.28. The normalized spacial score (nSPS) is 15.1. The Labute approximate surface area is 172 Å². The molecule has 2 N–H and O–H groups in total. The highest BCUT2D eigenvalue weighted by Crippen LogP contribution is 2.34. The van der Waals surface area contributed by atoms with Gasteiger partial charge in [0.15, 0.2) is 0 Å². The van der Waals surface area contributed by atoms with Crippen LogP contribution in [0.15, 0.2) is 97.6 Å². The van der Waals surface area contributed by atoms with E-state index in [1.807, 2.05) is 24.3 Å². The molecule has 0 aromatic rings. The van der Waals surface area contributed by atoms with Crippen LogP contribution in [-0.2, 0) is 0 Å². The van der Waals surface area contributed by atoms with E-state index in [4.69, 9.17) is 0 Å². The van der Waals surface area contributed by atoms with Gasteiger partial charge in [-0.05, 0) is 78.9 Å². The summed E-state index contributed by atoms with van der Waals surface area (Å²) in [6.45, 7) is 21.7. The Morgan fingerprint density at radius 2 is 1.25 bits per heavy atom. The van der Waals surface area contributed by atoms with E-state index in [1.54, 1.807) is 12.2 Å². The van der Waals surface area contributed by atoms with Crippen LogP contribution in [0.3, 0.4) is 0 Å². The third kappa shape index (κ3) is 12.0. The second-order valence-corrected chi connectivity index (χ2v) is 7.99. The van der Waals surface area contributed by atoms with Crippen molar-refractivity contribution >= 4 is 0 Å². The first-order valence-electron chi connectivity index (χ1n) is 9.86. The molecular weight excluding hydrogens is 344 g/mol. The Hall–Kier alpha value is -2.48. The Morgan fingerprint density at radius 3 is 1.68 bits per heavy atom. The van der Waals surface area contributed by atoms with Crippen LogP contribution < -0.4 is 0 Å². The molecule has 0 saturated heterocycles. The lowest BCUT2D eigenvalue weighted by Crippen LogP contribution is -2.16. The number of aliphatic hydroxyl groups is 2. The van der Waals surface area contributed by atoms with E-state index in [-0.39, 0.29) is 16.9 Å². The molecule has 0 aromatic carbocycles. The first-order valence-corrected chi connectivity index (χ1v) is 9.86. The molecule has 154 valence electrons. The van der Waals surface area contributed by atoms with Gasteiger partial charge in [-0.25, -0.2) is 0 Å². The quantitative estimate of drug-likeness (QED) is 0.235. The average molecular weight is 383 g/mol. The van der Waals surface area contributed by atoms with Gasteiger partial charge in [-0.1, -0.05) is 71.4 Å². The maximum atomic E-state index is 9.49. The molecule has 1 unspecified atom stereocenters. The molecule has 2 nitrogen and oxygen atoms in total. The number of aliphatic hydroxyl groups excluding tert-OH is 2. The van der Waals surface area contributed by atoms with E-state index in [0.717, 1.165) is 43.3 Å². The van der Waals surface area contributed by atoms with Gasteiger partial charge in [-0.15, -0.1) is 0 Å². The molecule has 0 aromatic heterocycles. The number of hydrogen-bond donors (Lipinski definition) is 2. The fourth-order valence-electron chi connectivity index (χ4n) is 3.07. The minimum atomic E-state index is 0.162. The van der Waals surface area contributed by atoms with Crippen molar-refractivity contribution in [2.24, 2.45) is 11.3 Å². The molecule has 0 saturated carbocycles. The van der Waals surface area contributed by atoms with Gasteiger partial charge in [0.25, 0.3) is 0 Å². The first kappa shape index (κ1) is 25.5. The highest BCUT2D eigenvalue weighted by Gasteiger charge is 2.21. The molecule has 0 bridgehead atoms. The minimum absolute atomic E-state index is 0.162. The van der Waals surface area contributed by atoms with Crippen LogP contribution in [0.1, 0.15) is 52.9 Å². The van der Waals surface area contributed by atoms with Crippen LogP contribution in [0.4, 0.5) is 0 Å². The maximum absolute atomic E-state index is 9.49. The number of rotatable bonds is 14. The smallest absolute Gasteiger partial charge is 0.114 e. The van der Waals surface area contributed by atoms with Crippen molar-refractivity contribution in [3.05, 3.63) is 97.6 Å². The summed E-state index contributed by atoms with van der Waals surface area (Å²) in [5, 5.41) is 19.0. The molecule has 0 radical (unpaired) electrons. The predicted octanol–water partition coefficient (Wildman–Crippen LogP) is 8.08. The van der Waals surface area contributed by atoms with Crippen molar-refractivity contribution < 1.29 is 10.2 Å². The molecule has 0 heterocycles. The largest absolute Gasteiger partial charge is 0.508 e. The number of allylic oxidation sites excluding steroid dienone is 10. The topological polar surface area (TPSA) is 40.5 Å². The van der Waals surface area contributed by atoms with E-state index in [9.17, 15) is 10.2 Å². The zero-order valence-electron chi connectivity index (χ0n) is 18.0. The highest BCUT2D eigenvalue weighted by atomic mass is 16.3. The van der Waals surface area contributed by atoms with Gasteiger partial charge in [0, 0.05) is 0 Å². The monoisotopic (exact) mass is 382 g/mol. The van der Waals surface area contributed by atoms with Gasteiger partial charge in [0.05, 0.1) is 0 Å². The van der Waals surface area contributed by atoms with Gasteiger partial charge in [-0.2, -0.15) is 0 Å². The summed E-state index contributed by atoms with van der Waals surface area (Å²) >= 11 is 0. The highest BCUT2D eigenvalue weighted by molar-refractivity contribution is 5.26. The van der Waals surface area contributed by atoms with E-state index in [0.29, 0.717) is 5.92 Å². The summed E-state index contributed by atoms with van der Waals surface area (Å²) in [6, 6.07) is 0. The Kier molecular flexibility index (Phi) is 12.4. The Balaban J connectivity index is 4.70. The molecule has 0 amide bonds. The van der Waals surface area contributed by atoms with Gasteiger partial charge < -0.3 is 10.2 Å². The predicted molar refractivity (Wildman–Crippen MR) is 124 cm³/mol. The second kappa shape index (κ2) is 13.7. The van der Waals surface area contributed by atoms with Crippen LogP contribution in [0, 0.1) is 11.3 Å². The van der Waals surface area contributed by atoms with E-state index in [1.165, 1.54) is 12.2 Å². The molecule has 0 aliphatic rings. The lowest BCUT2D eigenvalue weighted by molar-refractivity contribution is 0.250. The summed E-state index contributed by atoms with van der Waals surface area (Å²) in [6.07, 6.45) is 18.8. The summed E-state index contributed by atoms with van der Waals surface area (Å²) in [7, 11) is 0. The van der Waals surface area contributed by atoms with E-state index < -0.39 is 0 Å². The fraction of sp³-hybridized carbons (Fsp3) is 0.385. The summed E-state index contributed by atoms with van der Waals surface area (Å²) in [5.41, 5.74) is 2.44. The standard InChI is InChI=1S/C26H38O2/c1-8-22(14-16-24(27)10-3)13-12-21(5)20-26(6,7)19-18-23(9-2)15-17-25(28)11-4/h8-11,14-17,21,27-28H,1-4,12-13,18-20H2,5-7H3/b22-14+,23-15+,24-16+,25-17+. The van der Waals surface area contributed by atoms with Crippen LogP contribution >= 0.6 is 0 Å². The number of hydrogen-bond acceptors (Lipinski definition) is 2. The first-order chi connectivity index (χ1) is 13.2. The summed E-state index contributed by atoms with van der Waals surface area (Å²) < 4.78 is 0. The average Bonchev–Trinajstić information content (AvgIpc) is 2.67. The molecule has 0 aliphatic carbocycles. The van der Waals surface area contributed by atoms with Crippen LogP contribution in [0.2, 0.25) is 0 Å². The maximum Gasteiger partial charge on any atom is 0.114 e. The zero-order valence-corrected chi connectivity index (χ0v) is 18.0. The Morgan fingerprint density at radius 1 is 0.786 bits per heavy atom. The van der Waals surface area contributed by atoms with Crippen LogP contribution in [-0.4, -0.2) is 10.2 Å². The second-order valence-electron chi connectivity index (χ2n) is 7.99. The van der Waals surface area contributed by atoms with Gasteiger partial charge >= 0.3 is 0 Å². The van der Waals surface area contributed by atoms with Gasteiger partial charge in [0.2, 0.25) is 0 Å². The molecule has 0 aliphatic heterocycles. The van der Waals surface area contributed by atoms with Crippen molar-refractivity contribution in [2.75, 3.05) is 0 Å². The van der Waals surface area contributed by atoms with Crippen molar-refractivity contribution in [3.63, 3.8) is 0 Å². The van der Waals surface area contributed by atoms with Gasteiger partial charge in [0.1, 0.15) is 11.5 Å². The molecule has 2 heteroatoms. The molecule has 1 atom stereocenters. The van der Waals surface area contributed by atoms with E-state index in [2.05, 4.69) is 47.1 Å².